The first-order valence-corrected chi connectivity index (χ1v) is 18.3. The van der Waals surface area contributed by atoms with Gasteiger partial charge in [0, 0.05) is 16.7 Å². The zero-order chi connectivity index (χ0) is 35.8. The second kappa shape index (κ2) is 13.4. The van der Waals surface area contributed by atoms with Gasteiger partial charge in [0.25, 0.3) is 0 Å². The SMILES string of the molecule is c1ccc(-c2ccc(-c3cccc(-c4nc(-c5cccc(-c6cccc7ccccc67)c5)nc(-c5cccc6ccccc56)n4)c3)c3ccccc23)cc1. The van der Waals surface area contributed by atoms with Crippen molar-refractivity contribution in [2.24, 2.45) is 0 Å². The summed E-state index contributed by atoms with van der Waals surface area (Å²) in [4.78, 5) is 15.6. The fraction of sp³-hybridized carbons (Fsp3) is 0. The lowest BCUT2D eigenvalue weighted by molar-refractivity contribution is 1.08. The van der Waals surface area contributed by atoms with Gasteiger partial charge in [0.1, 0.15) is 0 Å². The van der Waals surface area contributed by atoms with Crippen LogP contribution in [0.1, 0.15) is 0 Å². The Morgan fingerprint density at radius 1 is 0.222 bits per heavy atom. The molecule has 10 rings (SSSR count). The Labute approximate surface area is 313 Å². The molecule has 0 aliphatic carbocycles. The fourth-order valence-corrected chi connectivity index (χ4v) is 7.72. The summed E-state index contributed by atoms with van der Waals surface area (Å²) in [5.74, 6) is 1.91. The van der Waals surface area contributed by atoms with Gasteiger partial charge >= 0.3 is 0 Å². The van der Waals surface area contributed by atoms with Crippen LogP contribution >= 0.6 is 0 Å². The smallest absolute Gasteiger partial charge is 0.164 e. The maximum atomic E-state index is 5.21. The second-order valence-electron chi connectivity index (χ2n) is 13.6. The maximum Gasteiger partial charge on any atom is 0.164 e. The molecule has 0 saturated heterocycles. The van der Waals surface area contributed by atoms with Gasteiger partial charge in [0.05, 0.1) is 0 Å². The quantitative estimate of drug-likeness (QED) is 0.175. The molecule has 0 fully saturated rings. The minimum atomic E-state index is 0.630. The van der Waals surface area contributed by atoms with E-state index in [1.165, 1.54) is 43.8 Å². The van der Waals surface area contributed by atoms with Crippen LogP contribution in [0, 0.1) is 0 Å². The predicted octanol–water partition coefficient (Wildman–Crippen LogP) is 13.3. The number of hydrogen-bond donors (Lipinski definition) is 0. The Bertz CT molecular complexity index is 2990. The van der Waals surface area contributed by atoms with Crippen LogP contribution in [0.2, 0.25) is 0 Å². The van der Waals surface area contributed by atoms with Crippen LogP contribution in [-0.2, 0) is 0 Å². The molecule has 0 spiro atoms. The van der Waals surface area contributed by atoms with E-state index in [1.54, 1.807) is 0 Å². The zero-order valence-corrected chi connectivity index (χ0v) is 29.4. The van der Waals surface area contributed by atoms with Crippen molar-refractivity contribution in [2.75, 3.05) is 0 Å². The van der Waals surface area contributed by atoms with Crippen molar-refractivity contribution in [1.29, 1.82) is 0 Å². The summed E-state index contributed by atoms with van der Waals surface area (Å²) in [7, 11) is 0. The van der Waals surface area contributed by atoms with E-state index in [-0.39, 0.29) is 0 Å². The number of rotatable bonds is 6. The summed E-state index contributed by atoms with van der Waals surface area (Å²) in [5, 5.41) is 7.09. The molecule has 0 atom stereocenters. The molecule has 0 N–H and O–H groups in total. The average molecular weight is 688 g/mol. The van der Waals surface area contributed by atoms with Gasteiger partial charge in [0.2, 0.25) is 0 Å². The van der Waals surface area contributed by atoms with Crippen molar-refractivity contribution < 1.29 is 0 Å². The Kier molecular flexibility index (Phi) is 7.81. The Balaban J connectivity index is 1.14. The molecule has 252 valence electrons. The minimum absolute atomic E-state index is 0.630. The molecule has 0 aliphatic heterocycles. The van der Waals surface area contributed by atoms with E-state index in [0.29, 0.717) is 17.5 Å². The number of hydrogen-bond acceptors (Lipinski definition) is 3. The molecule has 3 nitrogen and oxygen atoms in total. The summed E-state index contributed by atoms with van der Waals surface area (Å²) in [6.45, 7) is 0. The third kappa shape index (κ3) is 5.69. The predicted molar refractivity (Wildman–Crippen MR) is 225 cm³/mol. The van der Waals surface area contributed by atoms with E-state index in [4.69, 9.17) is 15.0 Å². The van der Waals surface area contributed by atoms with Gasteiger partial charge in [-0.2, -0.15) is 0 Å². The summed E-state index contributed by atoms with van der Waals surface area (Å²) in [6.07, 6.45) is 0. The van der Waals surface area contributed by atoms with E-state index in [9.17, 15) is 0 Å². The molecular formula is C51H33N3. The number of fused-ring (bicyclic) bond motifs is 3. The maximum absolute atomic E-state index is 5.21. The van der Waals surface area contributed by atoms with Crippen LogP contribution in [-0.4, -0.2) is 15.0 Å². The Morgan fingerprint density at radius 2 is 0.593 bits per heavy atom. The first kappa shape index (κ1) is 31.5. The molecule has 10 aromatic rings. The van der Waals surface area contributed by atoms with E-state index >= 15 is 0 Å². The lowest BCUT2D eigenvalue weighted by Crippen LogP contribution is -2.01. The van der Waals surface area contributed by atoms with E-state index in [2.05, 4.69) is 200 Å². The van der Waals surface area contributed by atoms with Gasteiger partial charge in [-0.1, -0.05) is 188 Å². The molecule has 1 heterocycles. The molecule has 9 aromatic carbocycles. The van der Waals surface area contributed by atoms with Crippen molar-refractivity contribution in [2.45, 2.75) is 0 Å². The molecule has 0 unspecified atom stereocenters. The van der Waals surface area contributed by atoms with Crippen molar-refractivity contribution in [3.05, 3.63) is 200 Å². The summed E-state index contributed by atoms with van der Waals surface area (Å²) in [5.41, 5.74) is 9.83. The third-order valence-electron chi connectivity index (χ3n) is 10.3. The van der Waals surface area contributed by atoms with Crippen molar-refractivity contribution in [3.63, 3.8) is 0 Å². The molecule has 0 aliphatic rings. The van der Waals surface area contributed by atoms with Crippen LogP contribution in [0.4, 0.5) is 0 Å². The molecule has 3 heteroatoms. The highest BCUT2D eigenvalue weighted by molar-refractivity contribution is 6.05. The van der Waals surface area contributed by atoms with Crippen LogP contribution in [0.5, 0.6) is 0 Å². The number of nitrogens with zero attached hydrogens (tertiary/aromatic N) is 3. The monoisotopic (exact) mass is 687 g/mol. The average Bonchev–Trinajstić information content (AvgIpc) is 3.26. The highest BCUT2D eigenvalue weighted by atomic mass is 15.0. The first-order chi connectivity index (χ1) is 26.8. The second-order valence-corrected chi connectivity index (χ2v) is 13.6. The molecule has 0 radical (unpaired) electrons. The van der Waals surface area contributed by atoms with Crippen LogP contribution in [0.15, 0.2) is 200 Å². The van der Waals surface area contributed by atoms with E-state index in [1.807, 2.05) is 0 Å². The van der Waals surface area contributed by atoms with Gasteiger partial charge in [-0.3, -0.25) is 0 Å². The third-order valence-corrected chi connectivity index (χ3v) is 10.3. The highest BCUT2D eigenvalue weighted by Gasteiger charge is 2.17. The van der Waals surface area contributed by atoms with Gasteiger partial charge in [-0.15, -0.1) is 0 Å². The number of benzene rings is 9. The number of aromatic nitrogens is 3. The molecule has 1 aromatic heterocycles. The normalized spacial score (nSPS) is 11.3. The highest BCUT2D eigenvalue weighted by Crippen LogP contribution is 2.38. The standard InChI is InChI=1S/C51H33N3/c1-2-14-34(15-3-1)44-30-31-45(47-27-9-8-26-46(44)47)38-21-11-23-40(33-38)50-52-49(53-51(54-50)48-29-13-19-36-17-5-7-25-42(36)48)39-22-10-20-37(32-39)43-28-12-18-35-16-4-6-24-41(35)43/h1-33H. The summed E-state index contributed by atoms with van der Waals surface area (Å²) in [6, 6.07) is 70.6. The van der Waals surface area contributed by atoms with Crippen LogP contribution in [0.25, 0.3) is 99.9 Å². The zero-order valence-electron chi connectivity index (χ0n) is 29.4. The Morgan fingerprint density at radius 3 is 1.19 bits per heavy atom. The lowest BCUT2D eigenvalue weighted by atomic mass is 9.91. The van der Waals surface area contributed by atoms with Crippen molar-refractivity contribution >= 4 is 32.3 Å². The van der Waals surface area contributed by atoms with Crippen molar-refractivity contribution in [1.82, 2.24) is 15.0 Å². The van der Waals surface area contributed by atoms with Gasteiger partial charge in [0.15, 0.2) is 17.5 Å². The van der Waals surface area contributed by atoms with Crippen molar-refractivity contribution in [3.8, 4) is 67.5 Å². The molecular weight excluding hydrogens is 655 g/mol. The largest absolute Gasteiger partial charge is 0.208 e. The van der Waals surface area contributed by atoms with Gasteiger partial charge in [-0.05, 0) is 77.8 Å². The van der Waals surface area contributed by atoms with Gasteiger partial charge < -0.3 is 0 Å². The molecule has 0 amide bonds. The first-order valence-electron chi connectivity index (χ1n) is 18.3. The van der Waals surface area contributed by atoms with Crippen LogP contribution in [0.3, 0.4) is 0 Å². The van der Waals surface area contributed by atoms with Crippen LogP contribution < -0.4 is 0 Å². The summed E-state index contributed by atoms with van der Waals surface area (Å²) < 4.78 is 0. The fourth-order valence-electron chi connectivity index (χ4n) is 7.72. The molecule has 0 bridgehead atoms. The molecule has 54 heavy (non-hydrogen) atoms. The van der Waals surface area contributed by atoms with E-state index < -0.39 is 0 Å². The topological polar surface area (TPSA) is 38.7 Å². The Hall–Kier alpha value is -7.23. The minimum Gasteiger partial charge on any atom is -0.208 e. The van der Waals surface area contributed by atoms with E-state index in [0.717, 1.165) is 38.6 Å². The lowest BCUT2D eigenvalue weighted by Gasteiger charge is -2.14. The summed E-state index contributed by atoms with van der Waals surface area (Å²) >= 11 is 0. The van der Waals surface area contributed by atoms with Gasteiger partial charge in [-0.25, -0.2) is 15.0 Å². The molecule has 0 saturated carbocycles.